The summed E-state index contributed by atoms with van der Waals surface area (Å²) in [7, 11) is 4.47. The molecule has 0 unspecified atom stereocenters. The summed E-state index contributed by atoms with van der Waals surface area (Å²) >= 11 is 3.34. The molecular weight excluding hydrogens is 392 g/mol. The van der Waals surface area contributed by atoms with Gasteiger partial charge in [-0.05, 0) is 46.3 Å². The van der Waals surface area contributed by atoms with Crippen molar-refractivity contribution in [2.45, 2.75) is 0 Å². The number of hydrogen-bond donors (Lipinski definition) is 2. The summed E-state index contributed by atoms with van der Waals surface area (Å²) in [6.07, 6.45) is 1.40. The van der Waals surface area contributed by atoms with Crippen molar-refractivity contribution in [3.63, 3.8) is 0 Å². The summed E-state index contributed by atoms with van der Waals surface area (Å²) in [5.41, 5.74) is 3.35. The van der Waals surface area contributed by atoms with Crippen molar-refractivity contribution >= 4 is 28.1 Å². The van der Waals surface area contributed by atoms with Crippen LogP contribution in [0.1, 0.15) is 15.9 Å². The van der Waals surface area contributed by atoms with Gasteiger partial charge in [0.25, 0.3) is 5.91 Å². The Morgan fingerprint density at radius 1 is 1.08 bits per heavy atom. The van der Waals surface area contributed by atoms with E-state index >= 15 is 0 Å². The highest BCUT2D eigenvalue weighted by molar-refractivity contribution is 9.10. The second-order valence-corrected chi connectivity index (χ2v) is 5.67. The molecule has 2 rings (SSSR count). The lowest BCUT2D eigenvalue weighted by molar-refractivity contribution is 0.0954. The second kappa shape index (κ2) is 8.39. The number of amides is 1. The molecule has 1 amide bonds. The van der Waals surface area contributed by atoms with E-state index in [1.54, 1.807) is 24.3 Å². The van der Waals surface area contributed by atoms with Gasteiger partial charge in [0, 0.05) is 15.6 Å². The van der Waals surface area contributed by atoms with Crippen LogP contribution in [0.4, 0.5) is 0 Å². The molecule has 0 aromatic heterocycles. The molecule has 0 heterocycles. The van der Waals surface area contributed by atoms with Gasteiger partial charge in [-0.3, -0.25) is 4.79 Å². The third-order valence-corrected chi connectivity index (χ3v) is 4.00. The number of carbonyl (C=O) groups is 1. The molecule has 2 aromatic carbocycles. The summed E-state index contributed by atoms with van der Waals surface area (Å²) in [6.45, 7) is 0. The Bertz CT molecular complexity index is 808. The quantitative estimate of drug-likeness (QED) is 0.566. The number of carbonyl (C=O) groups excluding carboxylic acids is 1. The van der Waals surface area contributed by atoms with Crippen molar-refractivity contribution in [2.75, 3.05) is 21.3 Å². The summed E-state index contributed by atoms with van der Waals surface area (Å²) < 4.78 is 16.0. The summed E-state index contributed by atoms with van der Waals surface area (Å²) in [6, 6.07) is 7.86. The minimum Gasteiger partial charge on any atom is -0.504 e. The Labute approximate surface area is 153 Å². The van der Waals surface area contributed by atoms with Crippen molar-refractivity contribution in [1.29, 1.82) is 0 Å². The van der Waals surface area contributed by atoms with Gasteiger partial charge in [-0.15, -0.1) is 0 Å². The van der Waals surface area contributed by atoms with Gasteiger partial charge in [0.2, 0.25) is 0 Å². The molecule has 132 valence electrons. The van der Waals surface area contributed by atoms with E-state index in [1.165, 1.54) is 33.6 Å². The highest BCUT2D eigenvalue weighted by atomic mass is 79.9. The molecule has 0 aliphatic carbocycles. The predicted molar refractivity (Wildman–Crippen MR) is 97.0 cm³/mol. The number of methoxy groups -OCH3 is 3. The normalized spacial score (nSPS) is 10.6. The van der Waals surface area contributed by atoms with Crippen molar-refractivity contribution < 1.29 is 24.1 Å². The van der Waals surface area contributed by atoms with Gasteiger partial charge in [-0.2, -0.15) is 5.10 Å². The van der Waals surface area contributed by atoms with E-state index in [2.05, 4.69) is 26.5 Å². The molecule has 0 atom stereocenters. The van der Waals surface area contributed by atoms with Crippen molar-refractivity contribution in [1.82, 2.24) is 5.43 Å². The van der Waals surface area contributed by atoms with Crippen LogP contribution >= 0.6 is 15.9 Å². The number of hydrazone groups is 1. The Balaban J connectivity index is 2.12. The van der Waals surface area contributed by atoms with Crippen LogP contribution in [0.25, 0.3) is 0 Å². The zero-order chi connectivity index (χ0) is 18.4. The average molecular weight is 409 g/mol. The molecule has 0 saturated carbocycles. The standard InChI is InChI=1S/C17H17BrN2O5/c1-23-14-5-4-10(7-16(14)25-3)17(22)20-19-9-11-6-13(21)15(24-2)8-12(11)18/h4-9,21H,1-3H3,(H,20,22)/b19-9-. The average Bonchev–Trinajstić information content (AvgIpc) is 2.63. The maximum absolute atomic E-state index is 12.2. The molecule has 0 bridgehead atoms. The van der Waals surface area contributed by atoms with Gasteiger partial charge < -0.3 is 19.3 Å². The number of ether oxygens (including phenoxy) is 3. The Kier molecular flexibility index (Phi) is 6.24. The monoisotopic (exact) mass is 408 g/mol. The third-order valence-electron chi connectivity index (χ3n) is 3.31. The minimum absolute atomic E-state index is 0.0293. The molecule has 25 heavy (non-hydrogen) atoms. The van der Waals surface area contributed by atoms with Gasteiger partial charge in [0.1, 0.15) is 0 Å². The van der Waals surface area contributed by atoms with Crippen molar-refractivity contribution in [2.24, 2.45) is 5.10 Å². The first-order valence-corrected chi connectivity index (χ1v) is 7.91. The van der Waals surface area contributed by atoms with Crippen LogP contribution in [-0.4, -0.2) is 38.6 Å². The molecular formula is C17H17BrN2O5. The highest BCUT2D eigenvalue weighted by Gasteiger charge is 2.10. The molecule has 0 radical (unpaired) electrons. The topological polar surface area (TPSA) is 89.4 Å². The smallest absolute Gasteiger partial charge is 0.271 e. The van der Waals surface area contributed by atoms with Gasteiger partial charge in [-0.1, -0.05) is 0 Å². The van der Waals surface area contributed by atoms with Gasteiger partial charge in [0.05, 0.1) is 27.5 Å². The number of nitrogens with zero attached hydrogens (tertiary/aromatic N) is 1. The molecule has 0 spiro atoms. The van der Waals surface area contributed by atoms with Crippen LogP contribution < -0.4 is 19.6 Å². The van der Waals surface area contributed by atoms with E-state index in [0.717, 1.165) is 0 Å². The predicted octanol–water partition coefficient (Wildman–Crippen LogP) is 2.94. The number of hydrogen-bond acceptors (Lipinski definition) is 6. The zero-order valence-corrected chi connectivity index (χ0v) is 15.5. The first kappa shape index (κ1) is 18.6. The number of benzene rings is 2. The number of phenols is 1. The number of aromatic hydroxyl groups is 1. The number of nitrogens with one attached hydrogen (secondary N) is 1. The van der Waals surface area contributed by atoms with E-state index in [0.29, 0.717) is 32.8 Å². The largest absolute Gasteiger partial charge is 0.504 e. The van der Waals surface area contributed by atoms with Crippen molar-refractivity contribution in [3.05, 3.63) is 45.9 Å². The summed E-state index contributed by atoms with van der Waals surface area (Å²) in [5, 5.41) is 13.7. The SMILES string of the molecule is COc1cc(Br)c(/C=N\NC(=O)c2ccc(OC)c(OC)c2)cc1O. The molecule has 0 fully saturated rings. The Hall–Kier alpha value is -2.74. The van der Waals surface area contributed by atoms with Crippen LogP contribution in [0.15, 0.2) is 39.9 Å². The maximum Gasteiger partial charge on any atom is 0.271 e. The lowest BCUT2D eigenvalue weighted by Gasteiger charge is -2.08. The van der Waals surface area contributed by atoms with Crippen molar-refractivity contribution in [3.8, 4) is 23.0 Å². The molecule has 0 aliphatic rings. The molecule has 7 nitrogen and oxygen atoms in total. The Morgan fingerprint density at radius 2 is 1.76 bits per heavy atom. The van der Waals surface area contributed by atoms with E-state index in [9.17, 15) is 9.90 Å². The first-order valence-electron chi connectivity index (χ1n) is 7.12. The zero-order valence-electron chi connectivity index (χ0n) is 13.9. The lowest BCUT2D eigenvalue weighted by Crippen LogP contribution is -2.17. The molecule has 2 N–H and O–H groups in total. The Morgan fingerprint density at radius 3 is 2.40 bits per heavy atom. The van der Waals surface area contributed by atoms with E-state index in [-0.39, 0.29) is 5.75 Å². The first-order chi connectivity index (χ1) is 12.0. The highest BCUT2D eigenvalue weighted by Crippen LogP contribution is 2.31. The van der Waals surface area contributed by atoms with E-state index in [4.69, 9.17) is 14.2 Å². The second-order valence-electron chi connectivity index (χ2n) is 4.81. The number of halogens is 1. The van der Waals surface area contributed by atoms with Crippen LogP contribution in [0.3, 0.4) is 0 Å². The third kappa shape index (κ3) is 4.42. The van der Waals surface area contributed by atoms with Crippen LogP contribution in [0.2, 0.25) is 0 Å². The van der Waals surface area contributed by atoms with E-state index in [1.807, 2.05) is 0 Å². The maximum atomic E-state index is 12.2. The molecule has 0 aliphatic heterocycles. The van der Waals surface area contributed by atoms with E-state index < -0.39 is 5.91 Å². The minimum atomic E-state index is -0.411. The fraction of sp³-hybridized carbons (Fsp3) is 0.176. The van der Waals surface area contributed by atoms with Gasteiger partial charge in [-0.25, -0.2) is 5.43 Å². The van der Waals surface area contributed by atoms with Crippen LogP contribution in [-0.2, 0) is 0 Å². The lowest BCUT2D eigenvalue weighted by atomic mass is 10.2. The molecule has 0 saturated heterocycles. The van der Waals surface area contributed by atoms with Crippen LogP contribution in [0, 0.1) is 0 Å². The fourth-order valence-electron chi connectivity index (χ4n) is 2.02. The van der Waals surface area contributed by atoms with Gasteiger partial charge >= 0.3 is 0 Å². The summed E-state index contributed by atoms with van der Waals surface area (Å²) in [4.78, 5) is 12.2. The van der Waals surface area contributed by atoms with Gasteiger partial charge in [0.15, 0.2) is 23.0 Å². The molecule has 8 heteroatoms. The number of phenolic OH excluding ortho intramolecular Hbond substituents is 1. The van der Waals surface area contributed by atoms with Crippen LogP contribution in [0.5, 0.6) is 23.0 Å². The molecule has 2 aromatic rings. The summed E-state index contributed by atoms with van der Waals surface area (Å²) in [5.74, 6) is 0.866. The fourth-order valence-corrected chi connectivity index (χ4v) is 2.45. The number of rotatable bonds is 6.